The third kappa shape index (κ3) is 3.43. The molecule has 1 rings (SSSR count). The van der Waals surface area contributed by atoms with Crippen molar-refractivity contribution in [2.45, 2.75) is 26.1 Å². The molecule has 1 N–H and O–H groups in total. The maximum absolute atomic E-state index is 11.7. The molecule has 0 aliphatic carbocycles. The molecular weight excluding hydrogens is 208 g/mol. The second kappa shape index (κ2) is 6.83. The van der Waals surface area contributed by atoms with Crippen molar-refractivity contribution in [1.29, 1.82) is 0 Å². The molecule has 94 valence electrons. The van der Waals surface area contributed by atoms with Gasteiger partial charge >= 0.3 is 0 Å². The number of amides is 1. The van der Waals surface area contributed by atoms with Gasteiger partial charge in [-0.3, -0.25) is 4.79 Å². The molecule has 0 spiro atoms. The molecule has 1 aliphatic rings. The summed E-state index contributed by atoms with van der Waals surface area (Å²) in [5, 5.41) is 2.87. The van der Waals surface area contributed by atoms with Crippen LogP contribution in [0.1, 0.15) is 13.8 Å². The average molecular weight is 230 g/mol. The summed E-state index contributed by atoms with van der Waals surface area (Å²) in [7, 11) is 1.77. The maximum Gasteiger partial charge on any atom is 0.236 e. The molecule has 16 heavy (non-hydrogen) atoms. The van der Waals surface area contributed by atoms with Crippen LogP contribution in [-0.2, 0) is 14.3 Å². The fourth-order valence-electron chi connectivity index (χ4n) is 1.96. The van der Waals surface area contributed by atoms with E-state index in [0.29, 0.717) is 32.8 Å². The maximum atomic E-state index is 11.7. The lowest BCUT2D eigenvalue weighted by atomic mass is 10.2. The summed E-state index contributed by atoms with van der Waals surface area (Å²) in [5.41, 5.74) is 0. The highest BCUT2D eigenvalue weighted by atomic mass is 16.5. The molecule has 0 radical (unpaired) electrons. The highest BCUT2D eigenvalue weighted by molar-refractivity contribution is 5.78. The van der Waals surface area contributed by atoms with E-state index in [1.807, 2.05) is 13.8 Å². The van der Waals surface area contributed by atoms with Crippen LogP contribution in [-0.4, -0.2) is 62.9 Å². The van der Waals surface area contributed by atoms with Gasteiger partial charge in [0, 0.05) is 26.3 Å². The molecule has 0 aromatic carbocycles. The zero-order valence-electron chi connectivity index (χ0n) is 10.4. The van der Waals surface area contributed by atoms with Gasteiger partial charge in [-0.2, -0.15) is 0 Å². The van der Waals surface area contributed by atoms with E-state index in [4.69, 9.17) is 9.47 Å². The molecule has 1 fully saturated rings. The molecule has 1 aliphatic heterocycles. The number of nitrogens with zero attached hydrogens (tertiary/aromatic N) is 1. The Morgan fingerprint density at radius 2 is 1.75 bits per heavy atom. The van der Waals surface area contributed by atoms with Gasteiger partial charge in [0.25, 0.3) is 0 Å². The Kier molecular flexibility index (Phi) is 5.73. The lowest BCUT2D eigenvalue weighted by molar-refractivity contribution is -0.129. The van der Waals surface area contributed by atoms with Gasteiger partial charge in [0.2, 0.25) is 5.91 Å². The third-order valence-electron chi connectivity index (χ3n) is 2.66. The number of carbonyl (C=O) groups is 1. The number of likely N-dealkylation sites (N-methyl/N-ethyl adjacent to an activating group) is 1. The largest absolute Gasteiger partial charge is 0.374 e. The van der Waals surface area contributed by atoms with E-state index >= 15 is 0 Å². The van der Waals surface area contributed by atoms with Gasteiger partial charge in [0.05, 0.1) is 6.54 Å². The molecule has 0 aromatic rings. The molecule has 0 bridgehead atoms. The minimum Gasteiger partial charge on any atom is -0.374 e. The fourth-order valence-corrected chi connectivity index (χ4v) is 1.96. The first-order valence-electron chi connectivity index (χ1n) is 5.88. The SMILES string of the molecule is CCO[C@@H]1CN(C(=O)CNC)C[C@H]1OCC. The lowest BCUT2D eigenvalue weighted by Gasteiger charge is -2.17. The van der Waals surface area contributed by atoms with Crippen LogP contribution in [0, 0.1) is 0 Å². The van der Waals surface area contributed by atoms with Crippen molar-refractivity contribution in [1.82, 2.24) is 10.2 Å². The standard InChI is InChI=1S/C11H22N2O3/c1-4-15-9-7-13(11(14)6-12-3)8-10(9)16-5-2/h9-10,12H,4-8H2,1-3H3/t9-,10-/m1/s1. The first-order chi connectivity index (χ1) is 7.72. The molecular formula is C11H22N2O3. The number of carbonyl (C=O) groups excluding carboxylic acids is 1. The Balaban J connectivity index is 2.50. The Hall–Kier alpha value is -0.650. The summed E-state index contributed by atoms with van der Waals surface area (Å²) in [6.45, 7) is 6.88. The van der Waals surface area contributed by atoms with E-state index in [1.165, 1.54) is 0 Å². The summed E-state index contributed by atoms with van der Waals surface area (Å²) in [6.07, 6.45) is 0.0384. The number of hydrogen-bond donors (Lipinski definition) is 1. The Labute approximate surface area is 97.1 Å². The molecule has 0 unspecified atom stereocenters. The van der Waals surface area contributed by atoms with Crippen molar-refractivity contribution in [3.05, 3.63) is 0 Å². The van der Waals surface area contributed by atoms with E-state index in [1.54, 1.807) is 11.9 Å². The van der Waals surface area contributed by atoms with Gasteiger partial charge in [-0.25, -0.2) is 0 Å². The first kappa shape index (κ1) is 13.4. The smallest absolute Gasteiger partial charge is 0.236 e. The number of nitrogens with one attached hydrogen (secondary N) is 1. The number of hydrogen-bond acceptors (Lipinski definition) is 4. The topological polar surface area (TPSA) is 50.8 Å². The second-order valence-corrected chi connectivity index (χ2v) is 3.82. The van der Waals surface area contributed by atoms with E-state index in [-0.39, 0.29) is 18.1 Å². The van der Waals surface area contributed by atoms with E-state index in [2.05, 4.69) is 5.32 Å². The van der Waals surface area contributed by atoms with Gasteiger partial charge in [-0.15, -0.1) is 0 Å². The van der Waals surface area contributed by atoms with Crippen molar-refractivity contribution < 1.29 is 14.3 Å². The van der Waals surface area contributed by atoms with Crippen LogP contribution in [0.3, 0.4) is 0 Å². The summed E-state index contributed by atoms with van der Waals surface area (Å²) in [6, 6.07) is 0. The minimum atomic E-state index is 0.0192. The monoisotopic (exact) mass is 230 g/mol. The van der Waals surface area contributed by atoms with Crippen LogP contribution in [0.2, 0.25) is 0 Å². The Morgan fingerprint density at radius 3 is 2.12 bits per heavy atom. The van der Waals surface area contributed by atoms with Crippen LogP contribution in [0.5, 0.6) is 0 Å². The van der Waals surface area contributed by atoms with Crippen molar-refractivity contribution >= 4 is 5.91 Å². The van der Waals surface area contributed by atoms with Gasteiger partial charge in [-0.1, -0.05) is 0 Å². The van der Waals surface area contributed by atoms with Crippen LogP contribution in [0.4, 0.5) is 0 Å². The molecule has 1 saturated heterocycles. The van der Waals surface area contributed by atoms with E-state index in [0.717, 1.165) is 0 Å². The highest BCUT2D eigenvalue weighted by Crippen LogP contribution is 2.16. The molecule has 5 heteroatoms. The number of ether oxygens (including phenoxy) is 2. The molecule has 0 aromatic heterocycles. The molecule has 1 amide bonds. The fraction of sp³-hybridized carbons (Fsp3) is 0.909. The van der Waals surface area contributed by atoms with E-state index in [9.17, 15) is 4.79 Å². The van der Waals surface area contributed by atoms with Crippen molar-refractivity contribution in [2.24, 2.45) is 0 Å². The van der Waals surface area contributed by atoms with Gasteiger partial charge in [0.15, 0.2) is 0 Å². The van der Waals surface area contributed by atoms with Crippen LogP contribution in [0.15, 0.2) is 0 Å². The van der Waals surface area contributed by atoms with Gasteiger partial charge < -0.3 is 19.7 Å². The minimum absolute atomic E-state index is 0.0192. The van der Waals surface area contributed by atoms with E-state index < -0.39 is 0 Å². The Bertz CT molecular complexity index is 209. The zero-order valence-corrected chi connectivity index (χ0v) is 10.4. The van der Waals surface area contributed by atoms with Crippen molar-refractivity contribution in [3.63, 3.8) is 0 Å². The summed E-state index contributed by atoms with van der Waals surface area (Å²) in [5.74, 6) is 0.106. The Morgan fingerprint density at radius 1 is 1.25 bits per heavy atom. The van der Waals surface area contributed by atoms with Gasteiger partial charge in [-0.05, 0) is 20.9 Å². The van der Waals surface area contributed by atoms with Crippen LogP contribution < -0.4 is 5.32 Å². The van der Waals surface area contributed by atoms with Crippen LogP contribution >= 0.6 is 0 Å². The van der Waals surface area contributed by atoms with Crippen LogP contribution in [0.25, 0.3) is 0 Å². The molecule has 0 saturated carbocycles. The molecule has 2 atom stereocenters. The molecule has 5 nitrogen and oxygen atoms in total. The summed E-state index contributed by atoms with van der Waals surface area (Å²) in [4.78, 5) is 13.5. The average Bonchev–Trinajstić information content (AvgIpc) is 2.64. The predicted octanol–water partition coefficient (Wildman–Crippen LogP) is -0.142. The quantitative estimate of drug-likeness (QED) is 0.690. The number of rotatable bonds is 6. The lowest BCUT2D eigenvalue weighted by Crippen LogP contribution is -2.36. The third-order valence-corrected chi connectivity index (χ3v) is 2.66. The first-order valence-corrected chi connectivity index (χ1v) is 5.88. The second-order valence-electron chi connectivity index (χ2n) is 3.82. The highest BCUT2D eigenvalue weighted by Gasteiger charge is 2.35. The van der Waals surface area contributed by atoms with Crippen molar-refractivity contribution in [3.8, 4) is 0 Å². The zero-order chi connectivity index (χ0) is 12.0. The normalized spacial score (nSPS) is 25.1. The van der Waals surface area contributed by atoms with Crippen molar-refractivity contribution in [2.75, 3.05) is 39.9 Å². The summed E-state index contributed by atoms with van der Waals surface area (Å²) < 4.78 is 11.2. The summed E-state index contributed by atoms with van der Waals surface area (Å²) >= 11 is 0. The van der Waals surface area contributed by atoms with Gasteiger partial charge in [0.1, 0.15) is 12.2 Å². The number of likely N-dealkylation sites (tertiary alicyclic amines) is 1. The predicted molar refractivity (Wildman–Crippen MR) is 61.3 cm³/mol. The molecule has 1 heterocycles.